The van der Waals surface area contributed by atoms with Gasteiger partial charge in [-0.25, -0.2) is 4.98 Å². The van der Waals surface area contributed by atoms with Crippen LogP contribution in [0.15, 0.2) is 22.6 Å². The van der Waals surface area contributed by atoms with E-state index in [4.69, 9.17) is 27.9 Å². The molecule has 0 fully saturated rings. The number of aromatic nitrogens is 1. The number of hydrogen-bond acceptors (Lipinski definition) is 7. The highest BCUT2D eigenvalue weighted by atomic mass is 35.5. The minimum Gasteiger partial charge on any atom is -0.506 e. The van der Waals surface area contributed by atoms with E-state index in [1.54, 1.807) is 18.4 Å². The molecule has 1 aromatic carbocycles. The van der Waals surface area contributed by atoms with Crippen LogP contribution in [-0.2, 0) is 16.0 Å². The average Bonchev–Trinajstić information content (AvgIpc) is 2.95. The van der Waals surface area contributed by atoms with E-state index in [1.807, 2.05) is 0 Å². The van der Waals surface area contributed by atoms with Crippen LogP contribution < -0.4 is 5.43 Å². The number of nitrogens with zero attached hydrogens (tertiary/aromatic N) is 2. The average molecular weight is 374 g/mol. The predicted octanol–water partition coefficient (Wildman–Crippen LogP) is 3.71. The fourth-order valence-corrected chi connectivity index (χ4v) is 2.65. The molecule has 2 rings (SSSR count). The first kappa shape index (κ1) is 17.5. The zero-order valence-corrected chi connectivity index (χ0v) is 14.4. The van der Waals surface area contributed by atoms with E-state index >= 15 is 0 Å². The third kappa shape index (κ3) is 4.82. The van der Waals surface area contributed by atoms with Crippen LogP contribution in [0.2, 0.25) is 10.0 Å². The Kier molecular flexibility index (Phi) is 6.20. The maximum absolute atomic E-state index is 11.4. The van der Waals surface area contributed by atoms with Crippen molar-refractivity contribution in [2.45, 2.75) is 13.3 Å². The van der Waals surface area contributed by atoms with Gasteiger partial charge in [0.25, 0.3) is 0 Å². The van der Waals surface area contributed by atoms with Crippen LogP contribution in [0.25, 0.3) is 0 Å². The summed E-state index contributed by atoms with van der Waals surface area (Å²) in [4.78, 5) is 15.6. The number of benzene rings is 1. The highest BCUT2D eigenvalue weighted by Crippen LogP contribution is 2.32. The summed E-state index contributed by atoms with van der Waals surface area (Å²) in [6.07, 6.45) is 1.58. The molecular weight excluding hydrogens is 361 g/mol. The van der Waals surface area contributed by atoms with Gasteiger partial charge in [0, 0.05) is 10.9 Å². The molecule has 23 heavy (non-hydrogen) atoms. The summed E-state index contributed by atoms with van der Waals surface area (Å²) in [5.74, 6) is -0.413. The maximum atomic E-state index is 11.4. The summed E-state index contributed by atoms with van der Waals surface area (Å²) in [6.45, 7) is 2.09. The first-order chi connectivity index (χ1) is 11.0. The molecule has 0 radical (unpaired) electrons. The molecule has 0 aliphatic carbocycles. The Hall–Kier alpha value is -1.83. The summed E-state index contributed by atoms with van der Waals surface area (Å²) in [7, 11) is 0. The van der Waals surface area contributed by atoms with Crippen LogP contribution in [0.3, 0.4) is 0 Å². The van der Waals surface area contributed by atoms with E-state index < -0.39 is 0 Å². The number of hydrogen-bond donors (Lipinski definition) is 2. The Bertz CT molecular complexity index is 734. The number of phenolic OH excluding ortho intramolecular Hbond substituents is 1. The topological polar surface area (TPSA) is 83.8 Å². The van der Waals surface area contributed by atoms with Crippen molar-refractivity contribution in [2.75, 3.05) is 12.0 Å². The molecule has 1 aromatic heterocycles. The first-order valence-electron chi connectivity index (χ1n) is 6.57. The number of phenols is 1. The second-order valence-electron chi connectivity index (χ2n) is 4.30. The molecule has 2 aromatic rings. The van der Waals surface area contributed by atoms with Gasteiger partial charge in [-0.15, -0.1) is 11.3 Å². The number of anilines is 1. The van der Waals surface area contributed by atoms with Gasteiger partial charge in [0.15, 0.2) is 0 Å². The van der Waals surface area contributed by atoms with Crippen LogP contribution in [0.5, 0.6) is 5.75 Å². The van der Waals surface area contributed by atoms with Gasteiger partial charge in [0.2, 0.25) is 5.13 Å². The molecule has 0 saturated carbocycles. The van der Waals surface area contributed by atoms with Crippen LogP contribution in [0.4, 0.5) is 5.13 Å². The van der Waals surface area contributed by atoms with Gasteiger partial charge >= 0.3 is 5.97 Å². The third-order valence-electron chi connectivity index (χ3n) is 2.64. The molecule has 0 unspecified atom stereocenters. The van der Waals surface area contributed by atoms with Crippen LogP contribution in [0, 0.1) is 0 Å². The SMILES string of the molecule is CCOC(=O)Cc1csc(NN=Cc2ccc(O)c(Cl)c2Cl)n1. The summed E-state index contributed by atoms with van der Waals surface area (Å²) in [5, 5.41) is 16.0. The number of esters is 1. The molecule has 0 aliphatic rings. The van der Waals surface area contributed by atoms with E-state index in [1.165, 1.54) is 23.6 Å². The molecule has 2 N–H and O–H groups in total. The zero-order valence-electron chi connectivity index (χ0n) is 12.0. The summed E-state index contributed by atoms with van der Waals surface area (Å²) in [6, 6.07) is 3.01. The number of ether oxygens (including phenoxy) is 1. The predicted molar refractivity (Wildman–Crippen MR) is 91.8 cm³/mol. The largest absolute Gasteiger partial charge is 0.506 e. The van der Waals surface area contributed by atoms with Crippen molar-refractivity contribution < 1.29 is 14.6 Å². The third-order valence-corrected chi connectivity index (χ3v) is 4.32. The van der Waals surface area contributed by atoms with Gasteiger partial charge < -0.3 is 9.84 Å². The van der Waals surface area contributed by atoms with Crippen molar-refractivity contribution in [1.29, 1.82) is 0 Å². The molecule has 122 valence electrons. The molecule has 0 atom stereocenters. The molecule has 0 saturated heterocycles. The second kappa shape index (κ2) is 8.14. The minimum absolute atomic E-state index is 0.0709. The number of halogens is 2. The number of rotatable bonds is 6. The smallest absolute Gasteiger partial charge is 0.311 e. The lowest BCUT2D eigenvalue weighted by atomic mass is 10.2. The van der Waals surface area contributed by atoms with Crippen LogP contribution >= 0.6 is 34.5 Å². The molecule has 0 amide bonds. The van der Waals surface area contributed by atoms with E-state index in [9.17, 15) is 9.90 Å². The van der Waals surface area contributed by atoms with Gasteiger partial charge in [-0.1, -0.05) is 23.2 Å². The van der Waals surface area contributed by atoms with Crippen LogP contribution in [0.1, 0.15) is 18.2 Å². The monoisotopic (exact) mass is 373 g/mol. The number of hydrazone groups is 1. The molecular formula is C14H13Cl2N3O3S. The molecule has 0 spiro atoms. The molecule has 0 aliphatic heterocycles. The second-order valence-corrected chi connectivity index (χ2v) is 5.91. The van der Waals surface area contributed by atoms with Gasteiger partial charge in [-0.05, 0) is 19.1 Å². The van der Waals surface area contributed by atoms with E-state index in [-0.39, 0.29) is 28.2 Å². The van der Waals surface area contributed by atoms with Gasteiger partial charge in [0.05, 0.1) is 30.0 Å². The van der Waals surface area contributed by atoms with Gasteiger partial charge in [0.1, 0.15) is 10.8 Å². The van der Waals surface area contributed by atoms with Crippen LogP contribution in [-0.4, -0.2) is 28.9 Å². The van der Waals surface area contributed by atoms with Gasteiger partial charge in [-0.3, -0.25) is 10.2 Å². The molecule has 9 heteroatoms. The van der Waals surface area contributed by atoms with E-state index in [2.05, 4.69) is 15.5 Å². The first-order valence-corrected chi connectivity index (χ1v) is 8.21. The van der Waals surface area contributed by atoms with Gasteiger partial charge in [-0.2, -0.15) is 5.10 Å². The normalized spacial score (nSPS) is 10.9. The highest BCUT2D eigenvalue weighted by molar-refractivity contribution is 7.13. The molecule has 0 bridgehead atoms. The van der Waals surface area contributed by atoms with E-state index in [0.717, 1.165) is 0 Å². The number of carbonyl (C=O) groups is 1. The summed E-state index contributed by atoms with van der Waals surface area (Å²) >= 11 is 13.1. The van der Waals surface area contributed by atoms with Crippen molar-refractivity contribution >= 4 is 51.9 Å². The zero-order chi connectivity index (χ0) is 16.8. The number of carbonyl (C=O) groups excluding carboxylic acids is 1. The lowest BCUT2D eigenvalue weighted by Crippen LogP contribution is -2.07. The standard InChI is InChI=1S/C14H13Cl2N3O3S/c1-2-22-11(21)5-9-7-23-14(18-9)19-17-6-8-3-4-10(20)13(16)12(8)15/h3-4,6-7,20H,2,5H2,1H3,(H,18,19). The Balaban J connectivity index is 1.97. The fourth-order valence-electron chi connectivity index (χ4n) is 1.61. The Morgan fingerprint density at radius 1 is 1.48 bits per heavy atom. The van der Waals surface area contributed by atoms with Crippen molar-refractivity contribution in [3.05, 3.63) is 38.8 Å². The van der Waals surface area contributed by atoms with Crippen molar-refractivity contribution in [1.82, 2.24) is 4.98 Å². The number of aromatic hydroxyl groups is 1. The lowest BCUT2D eigenvalue weighted by Gasteiger charge is -2.02. The Morgan fingerprint density at radius 3 is 3.00 bits per heavy atom. The maximum Gasteiger partial charge on any atom is 0.311 e. The number of nitrogens with one attached hydrogen (secondary N) is 1. The van der Waals surface area contributed by atoms with Crippen molar-refractivity contribution in [3.63, 3.8) is 0 Å². The van der Waals surface area contributed by atoms with E-state index in [0.29, 0.717) is 23.0 Å². The quantitative estimate of drug-likeness (QED) is 0.458. The fraction of sp³-hybridized carbons (Fsp3) is 0.214. The van der Waals surface area contributed by atoms with Crippen molar-refractivity contribution in [3.8, 4) is 5.75 Å². The minimum atomic E-state index is -0.321. The lowest BCUT2D eigenvalue weighted by molar-refractivity contribution is -0.142. The molecule has 6 nitrogen and oxygen atoms in total. The Morgan fingerprint density at radius 2 is 2.26 bits per heavy atom. The highest BCUT2D eigenvalue weighted by Gasteiger charge is 2.09. The van der Waals surface area contributed by atoms with Crippen molar-refractivity contribution in [2.24, 2.45) is 5.10 Å². The summed E-state index contributed by atoms with van der Waals surface area (Å²) < 4.78 is 4.86. The number of thiazole rings is 1. The Labute approximate surface area is 146 Å². The molecule has 1 heterocycles. The summed E-state index contributed by atoms with van der Waals surface area (Å²) in [5.41, 5.74) is 3.90.